The van der Waals surface area contributed by atoms with E-state index in [0.29, 0.717) is 11.3 Å². The number of nitrogens with zero attached hydrogens (tertiary/aromatic N) is 2. The maximum absolute atomic E-state index is 13.2. The van der Waals surface area contributed by atoms with Gasteiger partial charge in [-0.1, -0.05) is 11.6 Å². The molecule has 7 nitrogen and oxygen atoms in total. The molecule has 5 N–H and O–H groups in total. The van der Waals surface area contributed by atoms with Crippen LogP contribution < -0.4 is 11.1 Å². The van der Waals surface area contributed by atoms with Gasteiger partial charge in [0.15, 0.2) is 11.6 Å². The molecule has 132 valence electrons. The number of halogens is 2. The summed E-state index contributed by atoms with van der Waals surface area (Å²) < 4.78 is 13.2. The van der Waals surface area contributed by atoms with Crippen LogP contribution in [0, 0.1) is 5.82 Å². The molecule has 0 fully saturated rings. The van der Waals surface area contributed by atoms with E-state index < -0.39 is 11.7 Å². The number of aliphatic imine (C=N–C) groups is 1. The number of aromatic amines is 1. The van der Waals surface area contributed by atoms with Gasteiger partial charge in [0.25, 0.3) is 5.91 Å². The molecule has 26 heavy (non-hydrogen) atoms. The van der Waals surface area contributed by atoms with Crippen molar-refractivity contribution in [3.8, 4) is 5.75 Å². The van der Waals surface area contributed by atoms with Crippen molar-refractivity contribution in [2.75, 3.05) is 5.32 Å². The number of anilines is 2. The van der Waals surface area contributed by atoms with Crippen LogP contribution in [0.1, 0.15) is 15.9 Å². The lowest BCUT2D eigenvalue weighted by atomic mass is 10.2. The lowest BCUT2D eigenvalue weighted by Crippen LogP contribution is -2.12. The number of carbonyl (C=O) groups excluding carboxylic acids is 1. The average molecular weight is 374 g/mol. The molecule has 0 unspecified atom stereocenters. The summed E-state index contributed by atoms with van der Waals surface area (Å²) in [6.07, 6.45) is 1.48. The van der Waals surface area contributed by atoms with Crippen molar-refractivity contribution >= 4 is 41.0 Å². The molecule has 0 spiro atoms. The second kappa shape index (κ2) is 7.24. The van der Waals surface area contributed by atoms with Gasteiger partial charge < -0.3 is 16.2 Å². The molecule has 9 heteroatoms. The number of nitrogens with one attached hydrogen (secondary N) is 2. The Kier molecular flexibility index (Phi) is 4.85. The molecule has 1 amide bonds. The van der Waals surface area contributed by atoms with Gasteiger partial charge in [-0.25, -0.2) is 9.38 Å². The second-order valence-electron chi connectivity index (χ2n) is 5.26. The highest BCUT2D eigenvalue weighted by molar-refractivity contribution is 6.31. The Bertz CT molecular complexity index is 985. The van der Waals surface area contributed by atoms with Gasteiger partial charge in [-0.05, 0) is 48.0 Å². The first-order valence-corrected chi connectivity index (χ1v) is 7.75. The Morgan fingerprint density at radius 3 is 2.69 bits per heavy atom. The van der Waals surface area contributed by atoms with Crippen LogP contribution in [0.3, 0.4) is 0 Å². The minimum atomic E-state index is -0.743. The molecule has 0 aliphatic rings. The lowest BCUT2D eigenvalue weighted by molar-refractivity contribution is 0.100. The van der Waals surface area contributed by atoms with E-state index in [9.17, 15) is 14.3 Å². The Labute approximate surface area is 152 Å². The number of aromatic nitrogens is 2. The van der Waals surface area contributed by atoms with E-state index in [2.05, 4.69) is 20.5 Å². The SMILES string of the molecule is NC(=O)c1c(Nc2ccc(F)c(Cl)c2)n[nH]c1/N=C/c1ccc(O)cc1. The molecule has 3 rings (SSSR count). The van der Waals surface area contributed by atoms with Crippen LogP contribution in [0.25, 0.3) is 0 Å². The van der Waals surface area contributed by atoms with Gasteiger partial charge in [0.1, 0.15) is 17.1 Å². The van der Waals surface area contributed by atoms with E-state index in [0.717, 1.165) is 0 Å². The predicted octanol–water partition coefficient (Wildman–Crippen LogP) is 3.50. The van der Waals surface area contributed by atoms with E-state index in [1.807, 2.05) is 0 Å². The second-order valence-corrected chi connectivity index (χ2v) is 5.67. The minimum absolute atomic E-state index is 0.0421. The van der Waals surface area contributed by atoms with E-state index in [4.69, 9.17) is 17.3 Å². The van der Waals surface area contributed by atoms with Crippen LogP contribution in [-0.4, -0.2) is 27.4 Å². The van der Waals surface area contributed by atoms with Crippen molar-refractivity contribution in [2.24, 2.45) is 10.7 Å². The smallest absolute Gasteiger partial charge is 0.256 e. The van der Waals surface area contributed by atoms with Gasteiger partial charge in [-0.2, -0.15) is 5.10 Å². The van der Waals surface area contributed by atoms with Crippen LogP contribution in [0.2, 0.25) is 5.02 Å². The molecule has 0 saturated carbocycles. The number of hydrogen-bond donors (Lipinski definition) is 4. The quantitative estimate of drug-likeness (QED) is 0.512. The summed E-state index contributed by atoms with van der Waals surface area (Å²) >= 11 is 5.74. The van der Waals surface area contributed by atoms with Crippen molar-refractivity contribution in [2.45, 2.75) is 0 Å². The van der Waals surface area contributed by atoms with Gasteiger partial charge in [0.05, 0.1) is 5.02 Å². The lowest BCUT2D eigenvalue weighted by Gasteiger charge is -2.05. The van der Waals surface area contributed by atoms with Crippen LogP contribution in [0.4, 0.5) is 21.7 Å². The molecule has 1 aromatic heterocycles. The Balaban J connectivity index is 1.89. The van der Waals surface area contributed by atoms with Crippen LogP contribution in [0.15, 0.2) is 47.5 Å². The van der Waals surface area contributed by atoms with Crippen LogP contribution >= 0.6 is 11.6 Å². The Morgan fingerprint density at radius 2 is 2.04 bits per heavy atom. The number of H-pyrrole nitrogens is 1. The number of nitrogens with two attached hydrogens (primary N) is 1. The normalized spacial score (nSPS) is 11.0. The third kappa shape index (κ3) is 3.81. The number of rotatable bonds is 5. The van der Waals surface area contributed by atoms with Gasteiger partial charge in [0.2, 0.25) is 0 Å². The van der Waals surface area contributed by atoms with Crippen molar-refractivity contribution < 1.29 is 14.3 Å². The number of aromatic hydroxyl groups is 1. The first-order valence-electron chi connectivity index (χ1n) is 7.37. The molecule has 2 aromatic carbocycles. The third-order valence-corrected chi connectivity index (χ3v) is 3.70. The number of hydrogen-bond acceptors (Lipinski definition) is 5. The molecule has 0 saturated heterocycles. The highest BCUT2D eigenvalue weighted by Gasteiger charge is 2.18. The molecular weight excluding hydrogens is 361 g/mol. The minimum Gasteiger partial charge on any atom is -0.508 e. The molecule has 0 aliphatic heterocycles. The van der Waals surface area contributed by atoms with Gasteiger partial charge in [-0.15, -0.1) is 0 Å². The summed E-state index contributed by atoms with van der Waals surface area (Å²) in [7, 11) is 0. The number of benzene rings is 2. The fourth-order valence-electron chi connectivity index (χ4n) is 2.16. The van der Waals surface area contributed by atoms with Gasteiger partial charge in [0, 0.05) is 11.9 Å². The van der Waals surface area contributed by atoms with E-state index >= 15 is 0 Å². The van der Waals surface area contributed by atoms with Crippen molar-refractivity contribution in [1.82, 2.24) is 10.2 Å². The maximum Gasteiger partial charge on any atom is 0.256 e. The van der Waals surface area contributed by atoms with E-state index in [-0.39, 0.29) is 28.0 Å². The first-order chi connectivity index (χ1) is 12.4. The van der Waals surface area contributed by atoms with Crippen molar-refractivity contribution in [1.29, 1.82) is 0 Å². The van der Waals surface area contributed by atoms with E-state index in [1.54, 1.807) is 12.1 Å². The van der Waals surface area contributed by atoms with Crippen LogP contribution in [-0.2, 0) is 0 Å². The third-order valence-electron chi connectivity index (χ3n) is 3.41. The van der Waals surface area contributed by atoms with Gasteiger partial charge >= 0.3 is 0 Å². The average Bonchev–Trinajstić information content (AvgIpc) is 3.00. The zero-order valence-corrected chi connectivity index (χ0v) is 14.0. The maximum atomic E-state index is 13.2. The molecule has 0 atom stereocenters. The summed E-state index contributed by atoms with van der Waals surface area (Å²) in [5, 5.41) is 18.6. The van der Waals surface area contributed by atoms with Crippen molar-refractivity contribution in [3.05, 3.63) is 64.4 Å². The molecular formula is C17H13ClFN5O2. The summed E-state index contributed by atoms with van der Waals surface area (Å²) in [6, 6.07) is 10.3. The van der Waals surface area contributed by atoms with Crippen molar-refractivity contribution in [3.63, 3.8) is 0 Å². The standard InChI is InChI=1S/C17H13ClFN5O2/c18-12-7-10(3-6-13(12)19)22-17-14(15(20)26)16(23-24-17)21-8-9-1-4-11(25)5-2-9/h1-8,25H,(H2,20,26)(H2,22,23,24)/b21-8+. The monoisotopic (exact) mass is 373 g/mol. The molecule has 3 aromatic rings. The summed E-state index contributed by atoms with van der Waals surface area (Å²) in [6.45, 7) is 0. The molecule has 0 aliphatic carbocycles. The highest BCUT2D eigenvalue weighted by atomic mass is 35.5. The zero-order valence-electron chi connectivity index (χ0n) is 13.2. The number of carbonyl (C=O) groups is 1. The fourth-order valence-corrected chi connectivity index (χ4v) is 2.34. The first kappa shape index (κ1) is 17.4. The molecule has 0 radical (unpaired) electrons. The Morgan fingerprint density at radius 1 is 1.31 bits per heavy atom. The predicted molar refractivity (Wildman–Crippen MR) is 97.2 cm³/mol. The number of primary amides is 1. The highest BCUT2D eigenvalue weighted by Crippen LogP contribution is 2.28. The van der Waals surface area contributed by atoms with Crippen LogP contribution in [0.5, 0.6) is 5.75 Å². The molecule has 1 heterocycles. The largest absolute Gasteiger partial charge is 0.508 e. The number of phenols is 1. The number of amides is 1. The fraction of sp³-hybridized carbons (Fsp3) is 0. The van der Waals surface area contributed by atoms with Gasteiger partial charge in [-0.3, -0.25) is 9.89 Å². The summed E-state index contributed by atoms with van der Waals surface area (Å²) in [5.41, 5.74) is 6.60. The molecule has 0 bridgehead atoms. The topological polar surface area (TPSA) is 116 Å². The summed E-state index contributed by atoms with van der Waals surface area (Å²) in [4.78, 5) is 16.0. The van der Waals surface area contributed by atoms with E-state index in [1.165, 1.54) is 36.5 Å². The Hall–Kier alpha value is -3.39. The summed E-state index contributed by atoms with van der Waals surface area (Å²) in [5.74, 6) is -0.883. The number of phenolic OH excluding ortho intramolecular Hbond substituents is 1. The zero-order chi connectivity index (χ0) is 18.7.